The third kappa shape index (κ3) is 3.44. The lowest BCUT2D eigenvalue weighted by Gasteiger charge is -2.00. The van der Waals surface area contributed by atoms with Gasteiger partial charge in [-0.3, -0.25) is 4.79 Å². The van der Waals surface area contributed by atoms with Gasteiger partial charge < -0.3 is 0 Å². The smallest absolute Gasteiger partial charge is 0.211 e. The van der Waals surface area contributed by atoms with E-state index in [1.165, 1.54) is 27.6 Å². The summed E-state index contributed by atoms with van der Waals surface area (Å²) in [5.74, 6) is 0.804. The zero-order chi connectivity index (χ0) is 9.84. The zero-order valence-electron chi connectivity index (χ0n) is 7.70. The van der Waals surface area contributed by atoms with Crippen LogP contribution in [0, 0.1) is 0 Å². The standard InChI is InChI=1S/C9H12OS3/c1-4-9(10)11-5-8-6(2)12-7(3)13-8/h4,7H,1,5H2,2-3H3. The molecule has 0 fully saturated rings. The van der Waals surface area contributed by atoms with Crippen LogP contribution < -0.4 is 0 Å². The second-order valence-corrected chi connectivity index (χ2v) is 6.86. The lowest BCUT2D eigenvalue weighted by atomic mass is 10.6. The van der Waals surface area contributed by atoms with Crippen molar-refractivity contribution in [2.75, 3.05) is 5.75 Å². The van der Waals surface area contributed by atoms with E-state index in [2.05, 4.69) is 20.4 Å². The highest BCUT2D eigenvalue weighted by Crippen LogP contribution is 2.46. The van der Waals surface area contributed by atoms with Crippen molar-refractivity contribution in [2.24, 2.45) is 0 Å². The van der Waals surface area contributed by atoms with E-state index in [1.807, 2.05) is 23.5 Å². The van der Waals surface area contributed by atoms with Crippen LogP contribution in [-0.2, 0) is 4.79 Å². The van der Waals surface area contributed by atoms with Crippen LogP contribution in [-0.4, -0.2) is 15.5 Å². The summed E-state index contributed by atoms with van der Waals surface area (Å²) in [6.45, 7) is 7.75. The predicted molar refractivity (Wildman–Crippen MR) is 65.0 cm³/mol. The number of rotatable bonds is 3. The maximum Gasteiger partial charge on any atom is 0.211 e. The van der Waals surface area contributed by atoms with Gasteiger partial charge in [-0.1, -0.05) is 18.3 Å². The van der Waals surface area contributed by atoms with E-state index in [9.17, 15) is 4.79 Å². The summed E-state index contributed by atoms with van der Waals surface area (Å²) in [5.41, 5.74) is 0. The van der Waals surface area contributed by atoms with Crippen LogP contribution in [0.1, 0.15) is 13.8 Å². The van der Waals surface area contributed by atoms with Gasteiger partial charge in [0.2, 0.25) is 5.12 Å². The first-order valence-corrected chi connectivity index (χ1v) is 6.70. The Hall–Kier alpha value is 0.200. The second-order valence-electron chi connectivity index (χ2n) is 2.59. The Morgan fingerprint density at radius 2 is 2.38 bits per heavy atom. The summed E-state index contributed by atoms with van der Waals surface area (Å²) in [7, 11) is 0. The van der Waals surface area contributed by atoms with E-state index in [-0.39, 0.29) is 5.12 Å². The molecule has 0 bridgehead atoms. The molecule has 1 rings (SSSR count). The van der Waals surface area contributed by atoms with E-state index in [0.29, 0.717) is 4.58 Å². The van der Waals surface area contributed by atoms with Crippen molar-refractivity contribution in [2.45, 2.75) is 18.4 Å². The summed E-state index contributed by atoms with van der Waals surface area (Å²) >= 11 is 5.07. The first-order chi connectivity index (χ1) is 6.13. The molecule has 0 aromatic heterocycles. The van der Waals surface area contributed by atoms with Crippen LogP contribution in [0.15, 0.2) is 22.5 Å². The summed E-state index contributed by atoms with van der Waals surface area (Å²) in [5, 5.41) is 0.0606. The highest BCUT2D eigenvalue weighted by atomic mass is 32.2. The molecule has 0 N–H and O–H groups in total. The van der Waals surface area contributed by atoms with Gasteiger partial charge in [0.15, 0.2) is 0 Å². The maximum absolute atomic E-state index is 11.0. The molecular formula is C9H12OS3. The molecule has 1 aliphatic heterocycles. The first kappa shape index (κ1) is 11.3. The highest BCUT2D eigenvalue weighted by molar-refractivity contribution is 8.24. The van der Waals surface area contributed by atoms with Crippen LogP contribution in [0.2, 0.25) is 0 Å². The van der Waals surface area contributed by atoms with Crippen molar-refractivity contribution in [1.82, 2.24) is 0 Å². The minimum atomic E-state index is 0.0606. The van der Waals surface area contributed by atoms with Gasteiger partial charge in [-0.05, 0) is 24.8 Å². The molecule has 1 heterocycles. The van der Waals surface area contributed by atoms with Crippen LogP contribution in [0.4, 0.5) is 0 Å². The summed E-state index contributed by atoms with van der Waals surface area (Å²) in [4.78, 5) is 13.7. The molecule has 4 heteroatoms. The van der Waals surface area contributed by atoms with Crippen molar-refractivity contribution in [3.8, 4) is 0 Å². The van der Waals surface area contributed by atoms with E-state index in [4.69, 9.17) is 0 Å². The van der Waals surface area contributed by atoms with Crippen molar-refractivity contribution >= 4 is 40.4 Å². The van der Waals surface area contributed by atoms with E-state index in [1.54, 1.807) is 0 Å². The molecular weight excluding hydrogens is 220 g/mol. The topological polar surface area (TPSA) is 17.1 Å². The minimum absolute atomic E-state index is 0.0606. The number of allylic oxidation sites excluding steroid dienone is 1. The molecule has 13 heavy (non-hydrogen) atoms. The average molecular weight is 232 g/mol. The fourth-order valence-corrected chi connectivity index (χ4v) is 4.63. The number of carbonyl (C=O) groups excluding carboxylic acids is 1. The molecule has 0 radical (unpaired) electrons. The lowest BCUT2D eigenvalue weighted by Crippen LogP contribution is -1.89. The Bertz CT molecular complexity index is 258. The van der Waals surface area contributed by atoms with Crippen molar-refractivity contribution in [3.63, 3.8) is 0 Å². The van der Waals surface area contributed by atoms with Crippen LogP contribution >= 0.6 is 35.3 Å². The number of hydrogen-bond acceptors (Lipinski definition) is 4. The van der Waals surface area contributed by atoms with E-state index < -0.39 is 0 Å². The SMILES string of the molecule is C=CC(=O)SCC1=C(C)SC(C)S1. The number of carbonyl (C=O) groups is 1. The Labute approximate surface area is 91.8 Å². The Balaban J connectivity index is 2.41. The Morgan fingerprint density at radius 3 is 2.85 bits per heavy atom. The van der Waals surface area contributed by atoms with Crippen molar-refractivity contribution < 1.29 is 4.79 Å². The summed E-state index contributed by atoms with van der Waals surface area (Å²) in [6.07, 6.45) is 1.37. The molecule has 1 aliphatic rings. The number of hydrogen-bond donors (Lipinski definition) is 0. The molecule has 1 unspecified atom stereocenters. The van der Waals surface area contributed by atoms with Crippen LogP contribution in [0.25, 0.3) is 0 Å². The van der Waals surface area contributed by atoms with Gasteiger partial charge in [-0.15, -0.1) is 23.5 Å². The average Bonchev–Trinajstić information content (AvgIpc) is 2.41. The predicted octanol–water partition coefficient (Wildman–Crippen LogP) is 3.49. The highest BCUT2D eigenvalue weighted by Gasteiger charge is 2.19. The maximum atomic E-state index is 11.0. The largest absolute Gasteiger partial charge is 0.282 e. The molecule has 0 saturated heterocycles. The molecule has 0 aliphatic carbocycles. The quantitative estimate of drug-likeness (QED) is 0.692. The van der Waals surface area contributed by atoms with Crippen LogP contribution in [0.3, 0.4) is 0 Å². The van der Waals surface area contributed by atoms with E-state index >= 15 is 0 Å². The van der Waals surface area contributed by atoms with Gasteiger partial charge >= 0.3 is 0 Å². The minimum Gasteiger partial charge on any atom is -0.282 e. The fourth-order valence-electron chi connectivity index (χ4n) is 0.953. The summed E-state index contributed by atoms with van der Waals surface area (Å²) < 4.78 is 0.606. The van der Waals surface area contributed by atoms with Crippen molar-refractivity contribution in [1.29, 1.82) is 0 Å². The molecule has 1 atom stereocenters. The monoisotopic (exact) mass is 232 g/mol. The van der Waals surface area contributed by atoms with Gasteiger partial charge in [0, 0.05) is 10.7 Å². The Morgan fingerprint density at radius 1 is 1.69 bits per heavy atom. The Kier molecular flexibility index (Phi) is 4.49. The molecule has 0 aromatic carbocycles. The van der Waals surface area contributed by atoms with Gasteiger partial charge in [-0.2, -0.15) is 0 Å². The van der Waals surface area contributed by atoms with Gasteiger partial charge in [-0.25, -0.2) is 0 Å². The lowest BCUT2D eigenvalue weighted by molar-refractivity contribution is -0.107. The first-order valence-electron chi connectivity index (χ1n) is 3.95. The normalized spacial score (nSPS) is 22.2. The zero-order valence-corrected chi connectivity index (χ0v) is 10.2. The third-order valence-corrected chi connectivity index (χ3v) is 5.33. The number of thioether (sulfide) groups is 3. The molecule has 0 amide bonds. The molecule has 1 nitrogen and oxygen atoms in total. The fraction of sp³-hybridized carbons (Fsp3) is 0.444. The molecule has 0 aromatic rings. The van der Waals surface area contributed by atoms with E-state index in [0.717, 1.165) is 5.75 Å². The summed E-state index contributed by atoms with van der Waals surface area (Å²) in [6, 6.07) is 0. The molecule has 0 spiro atoms. The van der Waals surface area contributed by atoms with Gasteiger partial charge in [0.05, 0.1) is 4.58 Å². The molecule has 0 saturated carbocycles. The third-order valence-electron chi connectivity index (χ3n) is 1.56. The molecule has 72 valence electrons. The van der Waals surface area contributed by atoms with Crippen molar-refractivity contribution in [3.05, 3.63) is 22.5 Å². The van der Waals surface area contributed by atoms with Gasteiger partial charge in [0.25, 0.3) is 0 Å². The van der Waals surface area contributed by atoms with Crippen LogP contribution in [0.5, 0.6) is 0 Å². The second kappa shape index (κ2) is 5.17. The van der Waals surface area contributed by atoms with Gasteiger partial charge in [0.1, 0.15) is 0 Å².